The first kappa shape index (κ1) is 11.6. The van der Waals surface area contributed by atoms with Crippen molar-refractivity contribution in [2.75, 3.05) is 0 Å². The summed E-state index contributed by atoms with van der Waals surface area (Å²) >= 11 is 7.49. The van der Waals surface area contributed by atoms with Crippen molar-refractivity contribution >= 4 is 22.9 Å². The second-order valence-corrected chi connectivity index (χ2v) is 5.08. The molecule has 2 aromatic heterocycles. The fraction of sp³-hybridized carbons (Fsp3) is 0.364. The molecule has 0 aliphatic heterocycles. The van der Waals surface area contributed by atoms with Gasteiger partial charge in [0.1, 0.15) is 5.76 Å². The third-order valence-corrected chi connectivity index (χ3v) is 3.50. The number of aromatic nitrogens is 1. The molecule has 0 aromatic carbocycles. The summed E-state index contributed by atoms with van der Waals surface area (Å²) in [6.07, 6.45) is 1.73. The van der Waals surface area contributed by atoms with Crippen LogP contribution in [0.3, 0.4) is 0 Å². The normalized spacial score (nSPS) is 12.9. The molecular weight excluding hydrogens is 244 g/mol. The van der Waals surface area contributed by atoms with Gasteiger partial charge in [0.15, 0.2) is 0 Å². The molecule has 1 N–H and O–H groups in total. The summed E-state index contributed by atoms with van der Waals surface area (Å²) in [7, 11) is 0. The van der Waals surface area contributed by atoms with E-state index in [0.717, 1.165) is 23.2 Å². The Kier molecular flexibility index (Phi) is 3.63. The van der Waals surface area contributed by atoms with Crippen molar-refractivity contribution in [3.63, 3.8) is 0 Å². The SMILES string of the molecule is Cc1cnc(C(C)NCc2cc(Cl)cs2)o1. The van der Waals surface area contributed by atoms with E-state index in [4.69, 9.17) is 16.0 Å². The number of aryl methyl sites for hydroxylation is 1. The van der Waals surface area contributed by atoms with E-state index < -0.39 is 0 Å². The van der Waals surface area contributed by atoms with Crippen molar-refractivity contribution in [2.45, 2.75) is 26.4 Å². The standard InChI is InChI=1S/C11H13ClN2OS/c1-7-4-14-11(15-7)8(2)13-5-10-3-9(12)6-16-10/h3-4,6,8,13H,5H2,1-2H3. The number of oxazole rings is 1. The predicted octanol–water partition coefficient (Wildman–Crippen LogP) is 3.55. The van der Waals surface area contributed by atoms with E-state index in [-0.39, 0.29) is 6.04 Å². The van der Waals surface area contributed by atoms with E-state index in [1.807, 2.05) is 25.3 Å². The first-order valence-corrected chi connectivity index (χ1v) is 6.29. The van der Waals surface area contributed by atoms with Crippen LogP contribution in [0.15, 0.2) is 22.1 Å². The van der Waals surface area contributed by atoms with Crippen molar-refractivity contribution in [1.82, 2.24) is 10.3 Å². The maximum absolute atomic E-state index is 5.85. The Morgan fingerprint density at radius 1 is 1.62 bits per heavy atom. The second-order valence-electron chi connectivity index (χ2n) is 3.64. The summed E-state index contributed by atoms with van der Waals surface area (Å²) in [5.41, 5.74) is 0. The molecule has 3 nitrogen and oxygen atoms in total. The molecule has 1 atom stereocenters. The van der Waals surface area contributed by atoms with Crippen molar-refractivity contribution < 1.29 is 4.42 Å². The molecule has 0 saturated carbocycles. The Labute approximate surface area is 103 Å². The highest BCUT2D eigenvalue weighted by molar-refractivity contribution is 7.10. The highest BCUT2D eigenvalue weighted by atomic mass is 35.5. The largest absolute Gasteiger partial charge is 0.444 e. The maximum Gasteiger partial charge on any atom is 0.211 e. The Balaban J connectivity index is 1.91. The molecule has 86 valence electrons. The fourth-order valence-electron chi connectivity index (χ4n) is 1.36. The van der Waals surface area contributed by atoms with Crippen LogP contribution in [-0.2, 0) is 6.54 Å². The molecule has 0 radical (unpaired) electrons. The molecule has 1 unspecified atom stereocenters. The van der Waals surface area contributed by atoms with Crippen molar-refractivity contribution in [3.8, 4) is 0 Å². The van der Waals surface area contributed by atoms with Crippen LogP contribution >= 0.6 is 22.9 Å². The molecule has 0 saturated heterocycles. The molecule has 5 heteroatoms. The van der Waals surface area contributed by atoms with Gasteiger partial charge in [-0.3, -0.25) is 0 Å². The van der Waals surface area contributed by atoms with Gasteiger partial charge in [-0.15, -0.1) is 11.3 Å². The van der Waals surface area contributed by atoms with Crippen LogP contribution in [0, 0.1) is 6.92 Å². The quantitative estimate of drug-likeness (QED) is 0.909. The van der Waals surface area contributed by atoms with Gasteiger partial charge in [-0.25, -0.2) is 4.98 Å². The molecule has 2 rings (SSSR count). The molecular formula is C11H13ClN2OS. The number of hydrogen-bond donors (Lipinski definition) is 1. The molecule has 0 fully saturated rings. The monoisotopic (exact) mass is 256 g/mol. The summed E-state index contributed by atoms with van der Waals surface area (Å²) in [5.74, 6) is 1.56. The Morgan fingerprint density at radius 3 is 3.00 bits per heavy atom. The number of nitrogens with one attached hydrogen (secondary N) is 1. The van der Waals surface area contributed by atoms with Crippen LogP contribution in [0.1, 0.15) is 29.5 Å². The minimum Gasteiger partial charge on any atom is -0.444 e. The predicted molar refractivity (Wildman–Crippen MR) is 65.8 cm³/mol. The Hall–Kier alpha value is -0.840. The molecule has 0 spiro atoms. The zero-order chi connectivity index (χ0) is 11.5. The summed E-state index contributed by atoms with van der Waals surface area (Å²) in [4.78, 5) is 5.39. The molecule has 0 aliphatic rings. The first-order chi connectivity index (χ1) is 7.65. The number of nitrogens with zero attached hydrogens (tertiary/aromatic N) is 1. The van der Waals surface area contributed by atoms with Gasteiger partial charge in [0.05, 0.1) is 17.3 Å². The maximum atomic E-state index is 5.85. The number of rotatable bonds is 4. The Morgan fingerprint density at radius 2 is 2.44 bits per heavy atom. The molecule has 2 heterocycles. The molecule has 16 heavy (non-hydrogen) atoms. The molecule has 2 aromatic rings. The lowest BCUT2D eigenvalue weighted by Gasteiger charge is -2.08. The second kappa shape index (κ2) is 4.99. The van der Waals surface area contributed by atoms with E-state index in [1.54, 1.807) is 17.5 Å². The lowest BCUT2D eigenvalue weighted by atomic mass is 10.3. The summed E-state index contributed by atoms with van der Waals surface area (Å²) in [5, 5.41) is 6.06. The van der Waals surface area contributed by atoms with Gasteiger partial charge in [-0.1, -0.05) is 11.6 Å². The van der Waals surface area contributed by atoms with Crippen LogP contribution < -0.4 is 5.32 Å². The van der Waals surface area contributed by atoms with E-state index in [2.05, 4.69) is 10.3 Å². The van der Waals surface area contributed by atoms with Crippen LogP contribution in [0.4, 0.5) is 0 Å². The number of hydrogen-bond acceptors (Lipinski definition) is 4. The zero-order valence-corrected chi connectivity index (χ0v) is 10.7. The van der Waals surface area contributed by atoms with E-state index in [0.29, 0.717) is 0 Å². The van der Waals surface area contributed by atoms with Gasteiger partial charge in [0.2, 0.25) is 5.89 Å². The van der Waals surface area contributed by atoms with Gasteiger partial charge in [0, 0.05) is 16.8 Å². The third-order valence-electron chi connectivity index (χ3n) is 2.21. The zero-order valence-electron chi connectivity index (χ0n) is 9.16. The first-order valence-electron chi connectivity index (χ1n) is 5.04. The fourth-order valence-corrected chi connectivity index (χ4v) is 2.38. The molecule has 0 amide bonds. The van der Waals surface area contributed by atoms with E-state index >= 15 is 0 Å². The highest BCUT2D eigenvalue weighted by Gasteiger charge is 2.10. The summed E-state index contributed by atoms with van der Waals surface area (Å²) in [6, 6.07) is 2.07. The third kappa shape index (κ3) is 2.84. The van der Waals surface area contributed by atoms with Crippen LogP contribution in [0.2, 0.25) is 5.02 Å². The average Bonchev–Trinajstić information content (AvgIpc) is 2.84. The summed E-state index contributed by atoms with van der Waals surface area (Å²) < 4.78 is 5.44. The van der Waals surface area contributed by atoms with Crippen molar-refractivity contribution in [1.29, 1.82) is 0 Å². The molecule has 0 aliphatic carbocycles. The smallest absolute Gasteiger partial charge is 0.211 e. The van der Waals surface area contributed by atoms with Crippen molar-refractivity contribution in [3.05, 3.63) is 39.2 Å². The Bertz CT molecular complexity index is 466. The van der Waals surface area contributed by atoms with Crippen LogP contribution in [-0.4, -0.2) is 4.98 Å². The van der Waals surface area contributed by atoms with Gasteiger partial charge < -0.3 is 9.73 Å². The van der Waals surface area contributed by atoms with Crippen molar-refractivity contribution in [2.24, 2.45) is 0 Å². The van der Waals surface area contributed by atoms with E-state index in [1.165, 1.54) is 4.88 Å². The van der Waals surface area contributed by atoms with E-state index in [9.17, 15) is 0 Å². The highest BCUT2D eigenvalue weighted by Crippen LogP contribution is 2.20. The summed E-state index contributed by atoms with van der Waals surface area (Å²) in [6.45, 7) is 4.70. The number of halogens is 1. The van der Waals surface area contributed by atoms with Gasteiger partial charge in [0.25, 0.3) is 0 Å². The lowest BCUT2D eigenvalue weighted by Crippen LogP contribution is -2.17. The van der Waals surface area contributed by atoms with Gasteiger partial charge in [-0.2, -0.15) is 0 Å². The number of thiophene rings is 1. The van der Waals surface area contributed by atoms with Crippen LogP contribution in [0.25, 0.3) is 0 Å². The minimum atomic E-state index is 0.106. The van der Waals surface area contributed by atoms with Crippen LogP contribution in [0.5, 0.6) is 0 Å². The molecule has 0 bridgehead atoms. The van der Waals surface area contributed by atoms with Gasteiger partial charge in [-0.05, 0) is 19.9 Å². The topological polar surface area (TPSA) is 38.1 Å². The van der Waals surface area contributed by atoms with Gasteiger partial charge >= 0.3 is 0 Å². The lowest BCUT2D eigenvalue weighted by molar-refractivity contribution is 0.403. The minimum absolute atomic E-state index is 0.106. The average molecular weight is 257 g/mol.